The van der Waals surface area contributed by atoms with E-state index in [1.807, 2.05) is 13.0 Å². The predicted molar refractivity (Wildman–Crippen MR) is 87.4 cm³/mol. The maximum Gasteiger partial charge on any atom is 0.354 e. The minimum absolute atomic E-state index is 0.0283. The number of aromatic nitrogens is 2. The predicted octanol–water partition coefficient (Wildman–Crippen LogP) is 1.48. The summed E-state index contributed by atoms with van der Waals surface area (Å²) < 4.78 is 28.7. The van der Waals surface area contributed by atoms with Crippen LogP contribution in [0.2, 0.25) is 0 Å². The van der Waals surface area contributed by atoms with Crippen molar-refractivity contribution in [2.45, 2.75) is 31.7 Å². The molecule has 8 heteroatoms. The lowest BCUT2D eigenvalue weighted by molar-refractivity contribution is 0.0683. The highest BCUT2D eigenvalue weighted by Gasteiger charge is 2.34. The van der Waals surface area contributed by atoms with Crippen LogP contribution in [0.5, 0.6) is 0 Å². The third-order valence-electron chi connectivity index (χ3n) is 4.33. The van der Waals surface area contributed by atoms with Gasteiger partial charge in [0.05, 0.1) is 10.6 Å². The highest BCUT2D eigenvalue weighted by atomic mass is 32.2. The minimum Gasteiger partial charge on any atom is -0.477 e. The molecule has 2 aromatic rings. The van der Waals surface area contributed by atoms with Crippen LogP contribution in [0.25, 0.3) is 0 Å². The summed E-state index contributed by atoms with van der Waals surface area (Å²) in [5.74, 6) is -1.10. The first-order valence-corrected chi connectivity index (χ1v) is 9.01. The zero-order valence-electron chi connectivity index (χ0n) is 13.8. The molecule has 0 aliphatic carbocycles. The molecule has 0 unspecified atom stereocenters. The van der Waals surface area contributed by atoms with Gasteiger partial charge in [-0.15, -0.1) is 0 Å². The summed E-state index contributed by atoms with van der Waals surface area (Å²) in [5, 5.41) is 13.6. The van der Waals surface area contributed by atoms with Crippen LogP contribution in [-0.4, -0.2) is 40.1 Å². The van der Waals surface area contributed by atoms with Gasteiger partial charge >= 0.3 is 5.97 Å². The standard InChI is InChI=1S/C16H19N3O4S/c1-10-4-5-11(2)14(8-10)24(22,23)19-7-6-13-12(9-19)15(16(20)21)18(3)17-13/h4-5,8H,6-7,9H2,1-3H3,(H,20,21). The third-order valence-corrected chi connectivity index (χ3v) is 6.31. The average molecular weight is 349 g/mol. The fourth-order valence-corrected chi connectivity index (χ4v) is 4.79. The van der Waals surface area contributed by atoms with E-state index in [4.69, 9.17) is 0 Å². The molecule has 128 valence electrons. The fourth-order valence-electron chi connectivity index (χ4n) is 3.07. The molecule has 0 radical (unpaired) electrons. The Morgan fingerprint density at radius 2 is 2.00 bits per heavy atom. The van der Waals surface area contributed by atoms with E-state index >= 15 is 0 Å². The van der Waals surface area contributed by atoms with Crippen LogP contribution in [-0.2, 0) is 30.0 Å². The highest BCUT2D eigenvalue weighted by Crippen LogP contribution is 2.28. The number of nitrogens with zero attached hydrogens (tertiary/aromatic N) is 3. The molecular formula is C16H19N3O4S. The number of hydrogen-bond acceptors (Lipinski definition) is 4. The molecule has 0 saturated carbocycles. The number of fused-ring (bicyclic) bond motifs is 1. The van der Waals surface area contributed by atoms with Crippen molar-refractivity contribution in [3.63, 3.8) is 0 Å². The monoisotopic (exact) mass is 349 g/mol. The Balaban J connectivity index is 2.03. The Labute approximate surface area is 140 Å². The Morgan fingerprint density at radius 3 is 2.67 bits per heavy atom. The van der Waals surface area contributed by atoms with E-state index in [-0.39, 0.29) is 17.1 Å². The van der Waals surface area contributed by atoms with E-state index in [1.54, 1.807) is 26.1 Å². The van der Waals surface area contributed by atoms with Gasteiger partial charge in [-0.2, -0.15) is 9.40 Å². The summed E-state index contributed by atoms with van der Waals surface area (Å²) in [4.78, 5) is 11.7. The average Bonchev–Trinajstić information content (AvgIpc) is 2.84. The quantitative estimate of drug-likeness (QED) is 0.906. The third kappa shape index (κ3) is 2.61. The Morgan fingerprint density at radius 1 is 1.29 bits per heavy atom. The van der Waals surface area contributed by atoms with Gasteiger partial charge in [0.25, 0.3) is 0 Å². The summed E-state index contributed by atoms with van der Waals surface area (Å²) in [7, 11) is -2.13. The van der Waals surface area contributed by atoms with Crippen molar-refractivity contribution in [2.24, 2.45) is 7.05 Å². The van der Waals surface area contributed by atoms with Crippen LogP contribution in [0.1, 0.15) is 32.9 Å². The minimum atomic E-state index is -3.69. The highest BCUT2D eigenvalue weighted by molar-refractivity contribution is 7.89. The van der Waals surface area contributed by atoms with Gasteiger partial charge in [0.2, 0.25) is 10.0 Å². The lowest BCUT2D eigenvalue weighted by atomic mass is 10.1. The molecule has 24 heavy (non-hydrogen) atoms. The van der Waals surface area contributed by atoms with Gasteiger partial charge in [-0.05, 0) is 31.0 Å². The van der Waals surface area contributed by atoms with E-state index in [0.29, 0.717) is 29.8 Å². The molecule has 1 aromatic heterocycles. The Kier molecular flexibility index (Phi) is 3.97. The number of carbonyl (C=O) groups is 1. The van der Waals surface area contributed by atoms with Crippen LogP contribution in [0, 0.1) is 13.8 Å². The van der Waals surface area contributed by atoms with Crippen LogP contribution < -0.4 is 0 Å². The van der Waals surface area contributed by atoms with E-state index < -0.39 is 16.0 Å². The van der Waals surface area contributed by atoms with Gasteiger partial charge in [-0.3, -0.25) is 4.68 Å². The van der Waals surface area contributed by atoms with Crippen LogP contribution in [0.3, 0.4) is 0 Å². The normalized spacial score (nSPS) is 15.3. The lowest BCUT2D eigenvalue weighted by Crippen LogP contribution is -2.36. The molecule has 3 rings (SSSR count). The lowest BCUT2D eigenvalue weighted by Gasteiger charge is -2.26. The second kappa shape index (κ2) is 5.71. The SMILES string of the molecule is Cc1ccc(C)c(S(=O)(=O)N2CCc3nn(C)c(C(=O)O)c3C2)c1. The Bertz CT molecular complexity index is 931. The summed E-state index contributed by atoms with van der Waals surface area (Å²) in [6.45, 7) is 3.92. The number of carboxylic acid groups (broad SMARTS) is 1. The smallest absolute Gasteiger partial charge is 0.354 e. The first-order valence-electron chi connectivity index (χ1n) is 7.57. The first-order chi connectivity index (χ1) is 11.2. The molecule has 0 amide bonds. The van der Waals surface area contributed by atoms with Gasteiger partial charge in [0, 0.05) is 32.1 Å². The number of hydrogen-bond donors (Lipinski definition) is 1. The topological polar surface area (TPSA) is 92.5 Å². The van der Waals surface area contributed by atoms with Crippen molar-refractivity contribution in [1.82, 2.24) is 14.1 Å². The van der Waals surface area contributed by atoms with Gasteiger partial charge in [0.15, 0.2) is 5.69 Å². The maximum absolute atomic E-state index is 13.0. The number of sulfonamides is 1. The summed E-state index contributed by atoms with van der Waals surface area (Å²) in [5.41, 5.74) is 2.72. The molecule has 0 saturated heterocycles. The summed E-state index contributed by atoms with van der Waals surface area (Å²) >= 11 is 0. The molecule has 0 spiro atoms. The molecule has 1 aliphatic rings. The number of rotatable bonds is 3. The molecular weight excluding hydrogens is 330 g/mol. The zero-order chi connectivity index (χ0) is 17.6. The maximum atomic E-state index is 13.0. The molecule has 2 heterocycles. The van der Waals surface area contributed by atoms with Gasteiger partial charge in [-0.1, -0.05) is 12.1 Å². The summed E-state index contributed by atoms with van der Waals surface area (Å²) in [6, 6.07) is 5.30. The summed E-state index contributed by atoms with van der Waals surface area (Å²) in [6.07, 6.45) is 0.403. The van der Waals surface area contributed by atoms with Gasteiger partial charge < -0.3 is 5.11 Å². The number of carboxylic acids is 1. The van der Waals surface area contributed by atoms with Crippen LogP contribution in [0.4, 0.5) is 0 Å². The van der Waals surface area contributed by atoms with Crippen molar-refractivity contribution in [3.05, 3.63) is 46.3 Å². The van der Waals surface area contributed by atoms with Crippen molar-refractivity contribution >= 4 is 16.0 Å². The molecule has 1 N–H and O–H groups in total. The second-order valence-electron chi connectivity index (χ2n) is 6.06. The molecule has 0 fully saturated rings. The van der Waals surface area contributed by atoms with E-state index in [0.717, 1.165) is 5.56 Å². The molecule has 1 aliphatic heterocycles. The van der Waals surface area contributed by atoms with Crippen molar-refractivity contribution in [1.29, 1.82) is 0 Å². The van der Waals surface area contributed by atoms with E-state index in [1.165, 1.54) is 8.99 Å². The van der Waals surface area contributed by atoms with Crippen LogP contribution >= 0.6 is 0 Å². The molecule has 0 atom stereocenters. The largest absolute Gasteiger partial charge is 0.477 e. The molecule has 1 aromatic carbocycles. The molecule has 7 nitrogen and oxygen atoms in total. The van der Waals surface area contributed by atoms with E-state index in [2.05, 4.69) is 5.10 Å². The van der Waals surface area contributed by atoms with Crippen LogP contribution in [0.15, 0.2) is 23.1 Å². The van der Waals surface area contributed by atoms with Crippen molar-refractivity contribution < 1.29 is 18.3 Å². The Hall–Kier alpha value is -2.19. The van der Waals surface area contributed by atoms with Crippen molar-refractivity contribution in [3.8, 4) is 0 Å². The number of aryl methyl sites for hydroxylation is 3. The second-order valence-corrected chi connectivity index (χ2v) is 7.97. The zero-order valence-corrected chi connectivity index (χ0v) is 14.6. The first kappa shape index (κ1) is 16.7. The fraction of sp³-hybridized carbons (Fsp3) is 0.375. The van der Waals surface area contributed by atoms with Crippen molar-refractivity contribution in [2.75, 3.05) is 6.54 Å². The number of aromatic carboxylic acids is 1. The molecule has 0 bridgehead atoms. The van der Waals surface area contributed by atoms with E-state index in [9.17, 15) is 18.3 Å². The van der Waals surface area contributed by atoms with Gasteiger partial charge in [0.1, 0.15) is 0 Å². The number of benzene rings is 1. The van der Waals surface area contributed by atoms with Gasteiger partial charge in [-0.25, -0.2) is 13.2 Å².